The van der Waals surface area contributed by atoms with Crippen molar-refractivity contribution in [1.82, 2.24) is 19.6 Å². The molecule has 2 amide bonds. The number of ether oxygens (including phenoxy) is 2. The summed E-state index contributed by atoms with van der Waals surface area (Å²) in [5, 5.41) is 2.83. The standard InChI is InChI=1S/C19H24N4O4/c1-2-8-20-17(24)15-14-5-3-4-9-23(14)16(21-15)18(25)22-10-6-19(7-11-22)26-12-13-27-19/h3-5,9H,2,6-8,10-13H2,1H3,(H,20,24). The number of fused-ring (bicyclic) bond motifs is 1. The number of piperidine rings is 1. The average molecular weight is 372 g/mol. The summed E-state index contributed by atoms with van der Waals surface area (Å²) in [6.45, 7) is 4.85. The van der Waals surface area contributed by atoms with Crippen molar-refractivity contribution >= 4 is 17.3 Å². The first-order valence-electron chi connectivity index (χ1n) is 9.46. The van der Waals surface area contributed by atoms with Crippen LogP contribution < -0.4 is 5.32 Å². The number of aromatic nitrogens is 2. The van der Waals surface area contributed by atoms with Gasteiger partial charge in [0.2, 0.25) is 5.82 Å². The van der Waals surface area contributed by atoms with Crippen molar-refractivity contribution in [3.8, 4) is 0 Å². The number of imidazole rings is 1. The number of hydrogen-bond donors (Lipinski definition) is 1. The molecule has 2 fully saturated rings. The van der Waals surface area contributed by atoms with Gasteiger partial charge >= 0.3 is 0 Å². The molecule has 4 heterocycles. The van der Waals surface area contributed by atoms with E-state index in [1.807, 2.05) is 19.1 Å². The summed E-state index contributed by atoms with van der Waals surface area (Å²) in [6, 6.07) is 5.46. The molecule has 0 bridgehead atoms. The van der Waals surface area contributed by atoms with Crippen molar-refractivity contribution in [1.29, 1.82) is 0 Å². The molecule has 2 aromatic rings. The zero-order valence-corrected chi connectivity index (χ0v) is 15.4. The van der Waals surface area contributed by atoms with E-state index in [4.69, 9.17) is 9.47 Å². The zero-order chi connectivity index (χ0) is 18.9. The van der Waals surface area contributed by atoms with E-state index >= 15 is 0 Å². The Hall–Kier alpha value is -2.45. The van der Waals surface area contributed by atoms with Crippen LogP contribution in [0.25, 0.3) is 5.52 Å². The van der Waals surface area contributed by atoms with Crippen LogP contribution in [0.5, 0.6) is 0 Å². The van der Waals surface area contributed by atoms with Gasteiger partial charge in [0.1, 0.15) is 0 Å². The van der Waals surface area contributed by atoms with E-state index < -0.39 is 5.79 Å². The minimum Gasteiger partial charge on any atom is -0.351 e. The maximum atomic E-state index is 13.1. The molecule has 8 nitrogen and oxygen atoms in total. The molecule has 2 aliphatic heterocycles. The van der Waals surface area contributed by atoms with Crippen LogP contribution in [0, 0.1) is 0 Å². The number of rotatable bonds is 4. The molecule has 0 saturated carbocycles. The van der Waals surface area contributed by atoms with E-state index in [1.165, 1.54) is 0 Å². The molecular weight excluding hydrogens is 348 g/mol. The van der Waals surface area contributed by atoms with Gasteiger partial charge in [0.15, 0.2) is 11.5 Å². The molecule has 0 aromatic carbocycles. The van der Waals surface area contributed by atoms with Gasteiger partial charge in [-0.05, 0) is 18.6 Å². The van der Waals surface area contributed by atoms with Gasteiger partial charge in [0.05, 0.1) is 18.7 Å². The van der Waals surface area contributed by atoms with Gasteiger partial charge in [-0.15, -0.1) is 0 Å². The highest BCUT2D eigenvalue weighted by molar-refractivity contribution is 6.02. The van der Waals surface area contributed by atoms with Crippen molar-refractivity contribution < 1.29 is 19.1 Å². The van der Waals surface area contributed by atoms with Crippen LogP contribution in [0.4, 0.5) is 0 Å². The Morgan fingerprint density at radius 2 is 1.96 bits per heavy atom. The van der Waals surface area contributed by atoms with Crippen LogP contribution in [0.3, 0.4) is 0 Å². The van der Waals surface area contributed by atoms with Crippen LogP contribution >= 0.6 is 0 Å². The third-order valence-electron chi connectivity index (χ3n) is 5.12. The minimum absolute atomic E-state index is 0.182. The molecule has 2 aliphatic rings. The van der Waals surface area contributed by atoms with Gasteiger partial charge < -0.3 is 19.7 Å². The number of pyridine rings is 1. The Morgan fingerprint density at radius 3 is 2.67 bits per heavy atom. The van der Waals surface area contributed by atoms with Crippen LogP contribution in [0.1, 0.15) is 47.3 Å². The van der Waals surface area contributed by atoms with Gasteiger partial charge in [0, 0.05) is 38.7 Å². The normalized spacial score (nSPS) is 18.9. The van der Waals surface area contributed by atoms with Crippen molar-refractivity contribution in [3.05, 3.63) is 35.9 Å². The van der Waals surface area contributed by atoms with Crippen LogP contribution in [0.15, 0.2) is 24.4 Å². The lowest BCUT2D eigenvalue weighted by atomic mass is 10.0. The summed E-state index contributed by atoms with van der Waals surface area (Å²) in [5.41, 5.74) is 0.911. The van der Waals surface area contributed by atoms with E-state index in [0.29, 0.717) is 51.2 Å². The average Bonchev–Trinajstić information content (AvgIpc) is 3.31. The molecule has 2 saturated heterocycles. The molecule has 2 aromatic heterocycles. The number of carbonyl (C=O) groups excluding carboxylic acids is 2. The quantitative estimate of drug-likeness (QED) is 0.878. The molecule has 0 radical (unpaired) electrons. The summed E-state index contributed by atoms with van der Waals surface area (Å²) < 4.78 is 13.1. The maximum Gasteiger partial charge on any atom is 0.290 e. The molecule has 1 N–H and O–H groups in total. The summed E-state index contributed by atoms with van der Waals surface area (Å²) in [5.74, 6) is -0.712. The summed E-state index contributed by atoms with van der Waals surface area (Å²) in [7, 11) is 0. The van der Waals surface area contributed by atoms with Gasteiger partial charge in [0.25, 0.3) is 11.8 Å². The molecule has 8 heteroatoms. The Bertz CT molecular complexity index is 847. The molecule has 0 unspecified atom stereocenters. The first-order valence-corrected chi connectivity index (χ1v) is 9.46. The number of likely N-dealkylation sites (tertiary alicyclic amines) is 1. The predicted molar refractivity (Wildman–Crippen MR) is 97.6 cm³/mol. The zero-order valence-electron chi connectivity index (χ0n) is 15.4. The highest BCUT2D eigenvalue weighted by atomic mass is 16.7. The third-order valence-corrected chi connectivity index (χ3v) is 5.12. The number of hydrogen-bond acceptors (Lipinski definition) is 5. The largest absolute Gasteiger partial charge is 0.351 e. The van der Waals surface area contributed by atoms with E-state index in [-0.39, 0.29) is 23.3 Å². The summed E-state index contributed by atoms with van der Waals surface area (Å²) in [4.78, 5) is 31.7. The summed E-state index contributed by atoms with van der Waals surface area (Å²) in [6.07, 6.45) is 3.89. The van der Waals surface area contributed by atoms with Crippen molar-refractivity contribution in [3.63, 3.8) is 0 Å². The fourth-order valence-electron chi connectivity index (χ4n) is 3.66. The van der Waals surface area contributed by atoms with E-state index in [9.17, 15) is 9.59 Å². The SMILES string of the molecule is CCCNC(=O)c1nc(C(=O)N2CCC3(CC2)OCCO3)n2ccccc12. The monoisotopic (exact) mass is 372 g/mol. The predicted octanol–water partition coefficient (Wildman–Crippen LogP) is 1.45. The first kappa shape index (κ1) is 17.9. The van der Waals surface area contributed by atoms with Crippen LogP contribution in [-0.4, -0.2) is 64.7 Å². The Balaban J connectivity index is 1.58. The summed E-state index contributed by atoms with van der Waals surface area (Å²) >= 11 is 0. The number of amides is 2. The fourth-order valence-corrected chi connectivity index (χ4v) is 3.66. The van der Waals surface area contributed by atoms with Gasteiger partial charge in [-0.2, -0.15) is 0 Å². The van der Waals surface area contributed by atoms with Gasteiger partial charge in [-0.25, -0.2) is 4.98 Å². The molecule has 4 rings (SSSR count). The lowest BCUT2D eigenvalue weighted by molar-refractivity contribution is -0.181. The fraction of sp³-hybridized carbons (Fsp3) is 0.526. The minimum atomic E-state index is -0.531. The van der Waals surface area contributed by atoms with Crippen molar-refractivity contribution in [2.75, 3.05) is 32.8 Å². The van der Waals surface area contributed by atoms with Gasteiger partial charge in [-0.3, -0.25) is 14.0 Å². The molecule has 144 valence electrons. The smallest absolute Gasteiger partial charge is 0.290 e. The van der Waals surface area contributed by atoms with Crippen LogP contribution in [0.2, 0.25) is 0 Å². The second kappa shape index (κ2) is 7.28. The lowest BCUT2D eigenvalue weighted by Crippen LogP contribution is -2.47. The van der Waals surface area contributed by atoms with E-state index in [2.05, 4.69) is 10.3 Å². The Morgan fingerprint density at radius 1 is 1.22 bits per heavy atom. The highest BCUT2D eigenvalue weighted by Gasteiger charge is 2.41. The molecule has 0 atom stereocenters. The van der Waals surface area contributed by atoms with Crippen LogP contribution in [-0.2, 0) is 9.47 Å². The van der Waals surface area contributed by atoms with E-state index in [0.717, 1.165) is 6.42 Å². The van der Waals surface area contributed by atoms with E-state index in [1.54, 1.807) is 21.6 Å². The molecule has 27 heavy (non-hydrogen) atoms. The molecule has 0 aliphatic carbocycles. The van der Waals surface area contributed by atoms with Crippen molar-refractivity contribution in [2.45, 2.75) is 32.0 Å². The lowest BCUT2D eigenvalue weighted by Gasteiger charge is -2.37. The molecular formula is C19H24N4O4. The second-order valence-corrected chi connectivity index (χ2v) is 6.90. The second-order valence-electron chi connectivity index (χ2n) is 6.90. The van der Waals surface area contributed by atoms with Crippen molar-refractivity contribution in [2.24, 2.45) is 0 Å². The maximum absolute atomic E-state index is 13.1. The Labute approximate surface area is 157 Å². The topological polar surface area (TPSA) is 85.2 Å². The number of nitrogens with one attached hydrogen (secondary N) is 1. The number of nitrogens with zero attached hydrogens (tertiary/aromatic N) is 3. The molecule has 1 spiro atoms. The first-order chi connectivity index (χ1) is 13.1. The Kier molecular flexibility index (Phi) is 4.84. The highest BCUT2D eigenvalue weighted by Crippen LogP contribution is 2.31. The third kappa shape index (κ3) is 3.30. The van der Waals surface area contributed by atoms with Gasteiger partial charge in [-0.1, -0.05) is 13.0 Å². The number of carbonyl (C=O) groups is 2.